The van der Waals surface area contributed by atoms with Gasteiger partial charge >= 0.3 is 13.1 Å². The number of ether oxygens (including phenoxy) is 1. The summed E-state index contributed by atoms with van der Waals surface area (Å²) in [7, 11) is -0.237. The van der Waals surface area contributed by atoms with E-state index in [4.69, 9.17) is 14.0 Å². The Hall–Kier alpha value is -0.805. The second-order valence-electron chi connectivity index (χ2n) is 7.02. The summed E-state index contributed by atoms with van der Waals surface area (Å²) in [5.74, 6) is 0.296. The normalized spacial score (nSPS) is 23.5. The van der Waals surface area contributed by atoms with Gasteiger partial charge < -0.3 is 14.0 Å². The summed E-state index contributed by atoms with van der Waals surface area (Å²) in [6, 6.07) is 0. The van der Waals surface area contributed by atoms with E-state index in [2.05, 4.69) is 33.8 Å². The zero-order chi connectivity index (χ0) is 19.7. The minimum atomic E-state index is -0.291. The van der Waals surface area contributed by atoms with Crippen molar-refractivity contribution in [3.8, 4) is 0 Å². The lowest BCUT2D eigenvalue weighted by molar-refractivity contribution is -0.144. The third-order valence-electron chi connectivity index (χ3n) is 4.87. The topological polar surface area (TPSA) is 44.8 Å². The maximum Gasteiger partial charge on any atom is 0.490 e. The van der Waals surface area contributed by atoms with Crippen molar-refractivity contribution in [1.82, 2.24) is 0 Å². The molecule has 2 aliphatic rings. The molecule has 0 aromatic rings. The molecule has 4 nitrogen and oxygen atoms in total. The maximum atomic E-state index is 11.5. The number of carbonyl (C=O) groups excluding carboxylic acids is 1. The molecule has 0 bridgehead atoms. The number of rotatable bonds is 4. The van der Waals surface area contributed by atoms with E-state index in [0.29, 0.717) is 18.9 Å². The van der Waals surface area contributed by atoms with E-state index in [1.807, 2.05) is 34.6 Å². The summed E-state index contributed by atoms with van der Waals surface area (Å²) in [5.41, 5.74) is 0.634. The first-order valence-corrected chi connectivity index (χ1v) is 9.95. The molecule has 1 unspecified atom stereocenters. The van der Waals surface area contributed by atoms with Crippen LogP contribution in [-0.2, 0) is 18.8 Å². The van der Waals surface area contributed by atoms with Crippen LogP contribution in [0, 0.1) is 5.92 Å². The van der Waals surface area contributed by atoms with E-state index in [1.54, 1.807) is 0 Å². The summed E-state index contributed by atoms with van der Waals surface area (Å²) >= 11 is 0. The average molecular weight is 354 g/mol. The Morgan fingerprint density at radius 2 is 1.68 bits per heavy atom. The summed E-state index contributed by atoms with van der Waals surface area (Å²) in [6.45, 7) is 18.6. The molecule has 0 aromatic heterocycles. The van der Waals surface area contributed by atoms with Crippen LogP contribution in [0.2, 0.25) is 0 Å². The van der Waals surface area contributed by atoms with Crippen LogP contribution in [0.1, 0.15) is 88.0 Å². The van der Waals surface area contributed by atoms with E-state index >= 15 is 0 Å². The van der Waals surface area contributed by atoms with Crippen molar-refractivity contribution >= 4 is 13.1 Å². The highest BCUT2D eigenvalue weighted by Gasteiger charge is 2.52. The van der Waals surface area contributed by atoms with Crippen molar-refractivity contribution < 1.29 is 18.8 Å². The molecule has 0 spiro atoms. The van der Waals surface area contributed by atoms with Gasteiger partial charge in [-0.05, 0) is 65.3 Å². The molecule has 5 heteroatoms. The highest BCUT2D eigenvalue weighted by atomic mass is 16.7. The molecular formula is C20H39BO4. The standard InChI is InChI=1S/C16H27BO4.2C2H6/c1-6-19-14(18)11-12-7-9-13(10-8-12)17-20-15(2,3)16(4,5)21-17;2*1-2/h9,12H,6-8,10-11H2,1-5H3;2*1-2H3. The Morgan fingerprint density at radius 3 is 2.08 bits per heavy atom. The van der Waals surface area contributed by atoms with Crippen LogP contribution in [-0.4, -0.2) is 30.9 Å². The Labute approximate surface area is 155 Å². The van der Waals surface area contributed by atoms with Gasteiger partial charge in [0.1, 0.15) is 0 Å². The van der Waals surface area contributed by atoms with Gasteiger partial charge in [0.15, 0.2) is 0 Å². The van der Waals surface area contributed by atoms with Crippen molar-refractivity contribution in [2.45, 2.75) is 99.2 Å². The van der Waals surface area contributed by atoms with Gasteiger partial charge in [0.05, 0.1) is 17.8 Å². The molecule has 0 N–H and O–H groups in total. The molecular weight excluding hydrogens is 315 g/mol. The van der Waals surface area contributed by atoms with Crippen molar-refractivity contribution in [1.29, 1.82) is 0 Å². The zero-order valence-corrected chi connectivity index (χ0v) is 17.9. The quantitative estimate of drug-likeness (QED) is 0.504. The van der Waals surface area contributed by atoms with Crippen LogP contribution in [0.4, 0.5) is 0 Å². The molecule has 1 fully saturated rings. The molecule has 0 radical (unpaired) electrons. The van der Waals surface area contributed by atoms with Crippen LogP contribution in [0.15, 0.2) is 11.5 Å². The largest absolute Gasteiger partial charge is 0.490 e. The first-order chi connectivity index (χ1) is 11.7. The fraction of sp³-hybridized carbons (Fsp3) is 0.850. The van der Waals surface area contributed by atoms with Crippen molar-refractivity contribution in [2.24, 2.45) is 5.92 Å². The second-order valence-corrected chi connectivity index (χ2v) is 7.02. The summed E-state index contributed by atoms with van der Waals surface area (Å²) < 4.78 is 17.2. The summed E-state index contributed by atoms with van der Waals surface area (Å²) in [4.78, 5) is 11.5. The molecule has 1 aliphatic heterocycles. The fourth-order valence-electron chi connectivity index (χ4n) is 2.76. The number of allylic oxidation sites excluding steroid dienone is 2. The Balaban J connectivity index is 0.00000134. The van der Waals surface area contributed by atoms with Gasteiger partial charge in [0.25, 0.3) is 0 Å². The monoisotopic (exact) mass is 354 g/mol. The second kappa shape index (κ2) is 11.0. The molecule has 0 aromatic carbocycles. The third-order valence-corrected chi connectivity index (χ3v) is 4.87. The van der Waals surface area contributed by atoms with Crippen molar-refractivity contribution in [3.05, 3.63) is 11.5 Å². The molecule has 0 saturated carbocycles. The highest BCUT2D eigenvalue weighted by molar-refractivity contribution is 6.54. The van der Waals surface area contributed by atoms with Crippen molar-refractivity contribution in [3.63, 3.8) is 0 Å². The predicted octanol–water partition coefficient (Wildman–Crippen LogP) is 5.35. The minimum Gasteiger partial charge on any atom is -0.466 e. The fourth-order valence-corrected chi connectivity index (χ4v) is 2.76. The number of hydrogen-bond donors (Lipinski definition) is 0. The maximum absolute atomic E-state index is 11.5. The summed E-state index contributed by atoms with van der Waals surface area (Å²) in [6.07, 6.45) is 5.53. The molecule has 1 saturated heterocycles. The molecule has 2 rings (SSSR count). The first kappa shape index (κ1) is 24.2. The number of carbonyl (C=O) groups is 1. The van der Waals surface area contributed by atoms with E-state index in [-0.39, 0.29) is 24.3 Å². The van der Waals surface area contributed by atoms with E-state index in [9.17, 15) is 4.79 Å². The van der Waals surface area contributed by atoms with E-state index < -0.39 is 0 Å². The summed E-state index contributed by atoms with van der Waals surface area (Å²) in [5, 5.41) is 0. The van der Waals surface area contributed by atoms with Crippen molar-refractivity contribution in [2.75, 3.05) is 6.61 Å². The Bertz CT molecular complexity index is 413. The lowest BCUT2D eigenvalue weighted by Gasteiger charge is -2.32. The number of esters is 1. The molecule has 25 heavy (non-hydrogen) atoms. The predicted molar refractivity (Wildman–Crippen MR) is 105 cm³/mol. The molecule has 1 atom stereocenters. The van der Waals surface area contributed by atoms with Crippen LogP contribution in [0.3, 0.4) is 0 Å². The van der Waals surface area contributed by atoms with Gasteiger partial charge in [-0.3, -0.25) is 4.79 Å². The smallest absolute Gasteiger partial charge is 0.466 e. The molecule has 1 heterocycles. The van der Waals surface area contributed by atoms with Crippen LogP contribution >= 0.6 is 0 Å². The first-order valence-electron chi connectivity index (χ1n) is 9.95. The van der Waals surface area contributed by atoms with Gasteiger partial charge in [-0.1, -0.05) is 33.8 Å². The van der Waals surface area contributed by atoms with Gasteiger partial charge in [0, 0.05) is 6.42 Å². The van der Waals surface area contributed by atoms with Gasteiger partial charge in [-0.25, -0.2) is 0 Å². The lowest BCUT2D eigenvalue weighted by Crippen LogP contribution is -2.41. The van der Waals surface area contributed by atoms with Gasteiger partial charge in [-0.2, -0.15) is 0 Å². The van der Waals surface area contributed by atoms with Gasteiger partial charge in [0.2, 0.25) is 0 Å². The lowest BCUT2D eigenvalue weighted by atomic mass is 9.70. The minimum absolute atomic E-state index is 0.0880. The third kappa shape index (κ3) is 6.78. The van der Waals surface area contributed by atoms with Crippen LogP contribution in [0.5, 0.6) is 0 Å². The Kier molecular flexibility index (Phi) is 10.7. The van der Waals surface area contributed by atoms with Gasteiger partial charge in [-0.15, -0.1) is 0 Å². The Morgan fingerprint density at radius 1 is 1.16 bits per heavy atom. The molecule has 146 valence electrons. The average Bonchev–Trinajstić information content (AvgIpc) is 2.80. The molecule has 0 amide bonds. The van der Waals surface area contributed by atoms with Crippen LogP contribution < -0.4 is 0 Å². The molecule has 1 aliphatic carbocycles. The zero-order valence-electron chi connectivity index (χ0n) is 17.9. The SMILES string of the molecule is CC.CC.CCOC(=O)CC1CC=C(B2OC(C)(C)C(C)(C)O2)CC1. The highest BCUT2D eigenvalue weighted by Crippen LogP contribution is 2.40. The van der Waals surface area contributed by atoms with E-state index in [1.165, 1.54) is 5.47 Å². The number of hydrogen-bond acceptors (Lipinski definition) is 4. The van der Waals surface area contributed by atoms with Crippen LogP contribution in [0.25, 0.3) is 0 Å². The van der Waals surface area contributed by atoms with E-state index in [0.717, 1.165) is 19.3 Å².